The van der Waals surface area contributed by atoms with Crippen molar-refractivity contribution in [2.45, 2.75) is 12.5 Å². The summed E-state index contributed by atoms with van der Waals surface area (Å²) in [6, 6.07) is 0. The molecule has 0 radical (unpaired) electrons. The first kappa shape index (κ1) is 14.3. The largest absolute Gasteiger partial charge is 0.394 e. The van der Waals surface area contributed by atoms with E-state index >= 15 is 0 Å². The van der Waals surface area contributed by atoms with Gasteiger partial charge in [0.2, 0.25) is 5.91 Å². The van der Waals surface area contributed by atoms with Gasteiger partial charge in [-0.25, -0.2) is 0 Å². The average Bonchev–Trinajstić information content (AvgIpc) is 2.25. The smallest absolute Gasteiger partial charge is 0.222 e. The summed E-state index contributed by atoms with van der Waals surface area (Å²) < 4.78 is 9.94. The predicted molar refractivity (Wildman–Crippen MR) is 55.4 cm³/mol. The van der Waals surface area contributed by atoms with Crippen molar-refractivity contribution in [3.63, 3.8) is 0 Å². The molecule has 0 aliphatic heterocycles. The molecule has 4 N–H and O–H groups in total. The number of carbonyl (C=O) groups excluding carboxylic acids is 1. The van der Waals surface area contributed by atoms with Gasteiger partial charge in [0.05, 0.1) is 32.3 Å². The molecule has 0 aromatic heterocycles. The summed E-state index contributed by atoms with van der Waals surface area (Å²) in [4.78, 5) is 11.3. The minimum atomic E-state index is -0.233. The Labute approximate surface area is 89.7 Å². The van der Waals surface area contributed by atoms with Gasteiger partial charge in [-0.1, -0.05) is 0 Å². The second-order valence-corrected chi connectivity index (χ2v) is 2.98. The second-order valence-electron chi connectivity index (χ2n) is 2.98. The number of aliphatic hydroxyl groups excluding tert-OH is 1. The summed E-state index contributed by atoms with van der Waals surface area (Å²) in [5.41, 5.74) is 5.37. The van der Waals surface area contributed by atoms with Gasteiger partial charge in [0, 0.05) is 20.2 Å². The molecule has 6 nitrogen and oxygen atoms in total. The third-order valence-corrected chi connectivity index (χ3v) is 1.81. The molecular weight excluding hydrogens is 200 g/mol. The van der Waals surface area contributed by atoms with E-state index in [-0.39, 0.29) is 25.0 Å². The molecule has 0 aromatic rings. The van der Waals surface area contributed by atoms with Crippen molar-refractivity contribution in [3.05, 3.63) is 0 Å². The van der Waals surface area contributed by atoms with E-state index in [1.807, 2.05) is 0 Å². The number of methoxy groups -OCH3 is 1. The minimum Gasteiger partial charge on any atom is -0.394 e. The fourth-order valence-electron chi connectivity index (χ4n) is 0.971. The molecule has 0 heterocycles. The van der Waals surface area contributed by atoms with Crippen molar-refractivity contribution in [1.82, 2.24) is 5.32 Å². The van der Waals surface area contributed by atoms with E-state index in [0.29, 0.717) is 26.3 Å². The Morgan fingerprint density at radius 1 is 1.53 bits per heavy atom. The molecule has 0 fully saturated rings. The van der Waals surface area contributed by atoms with Crippen LogP contribution >= 0.6 is 0 Å². The van der Waals surface area contributed by atoms with Crippen LogP contribution in [0.4, 0.5) is 0 Å². The van der Waals surface area contributed by atoms with Gasteiger partial charge in [0.15, 0.2) is 0 Å². The molecule has 0 saturated carbocycles. The SMILES string of the molecule is COC(CN)CC(=O)NCCOCCO. The topological polar surface area (TPSA) is 93.8 Å². The van der Waals surface area contributed by atoms with Gasteiger partial charge in [0.25, 0.3) is 0 Å². The predicted octanol–water partition coefficient (Wildman–Crippen LogP) is -1.52. The third kappa shape index (κ3) is 8.31. The normalized spacial score (nSPS) is 12.5. The molecule has 0 saturated heterocycles. The number of aliphatic hydroxyl groups is 1. The van der Waals surface area contributed by atoms with E-state index in [2.05, 4.69) is 5.32 Å². The zero-order valence-corrected chi connectivity index (χ0v) is 9.07. The van der Waals surface area contributed by atoms with Gasteiger partial charge < -0.3 is 25.6 Å². The first-order valence-corrected chi connectivity index (χ1v) is 4.92. The quantitative estimate of drug-likeness (QED) is 0.410. The molecule has 0 spiro atoms. The van der Waals surface area contributed by atoms with Crippen molar-refractivity contribution in [3.8, 4) is 0 Å². The Kier molecular flexibility index (Phi) is 9.40. The van der Waals surface area contributed by atoms with Crippen molar-refractivity contribution >= 4 is 5.91 Å². The highest BCUT2D eigenvalue weighted by Crippen LogP contribution is 1.93. The second kappa shape index (κ2) is 9.85. The number of hydrogen-bond donors (Lipinski definition) is 3. The molecule has 1 amide bonds. The zero-order chi connectivity index (χ0) is 11.5. The molecule has 0 rings (SSSR count). The van der Waals surface area contributed by atoms with E-state index in [9.17, 15) is 4.79 Å². The zero-order valence-electron chi connectivity index (χ0n) is 9.07. The van der Waals surface area contributed by atoms with Crippen molar-refractivity contribution in [2.75, 3.05) is 40.0 Å². The Morgan fingerprint density at radius 3 is 2.80 bits per heavy atom. The summed E-state index contributed by atoms with van der Waals surface area (Å²) >= 11 is 0. The highest BCUT2D eigenvalue weighted by atomic mass is 16.5. The molecule has 1 unspecified atom stereocenters. The Bertz CT molecular complexity index is 162. The van der Waals surface area contributed by atoms with Crippen LogP contribution in [0.1, 0.15) is 6.42 Å². The molecule has 15 heavy (non-hydrogen) atoms. The number of amides is 1. The maximum absolute atomic E-state index is 11.3. The highest BCUT2D eigenvalue weighted by molar-refractivity contribution is 5.76. The Hall–Kier alpha value is -0.690. The van der Waals surface area contributed by atoms with Crippen molar-refractivity contribution in [2.24, 2.45) is 5.73 Å². The lowest BCUT2D eigenvalue weighted by atomic mass is 10.2. The summed E-state index contributed by atoms with van der Waals surface area (Å²) in [7, 11) is 1.52. The number of rotatable bonds is 9. The summed E-state index contributed by atoms with van der Waals surface area (Å²) in [6.45, 7) is 1.43. The van der Waals surface area contributed by atoms with Gasteiger partial charge >= 0.3 is 0 Å². The third-order valence-electron chi connectivity index (χ3n) is 1.81. The van der Waals surface area contributed by atoms with Gasteiger partial charge in [-0.15, -0.1) is 0 Å². The maximum Gasteiger partial charge on any atom is 0.222 e. The van der Waals surface area contributed by atoms with Gasteiger partial charge in [-0.2, -0.15) is 0 Å². The molecular formula is C9H20N2O4. The lowest BCUT2D eigenvalue weighted by Crippen LogP contribution is -2.33. The van der Waals surface area contributed by atoms with Crippen molar-refractivity contribution in [1.29, 1.82) is 0 Å². The number of hydrogen-bond acceptors (Lipinski definition) is 5. The number of ether oxygens (including phenoxy) is 2. The fourth-order valence-corrected chi connectivity index (χ4v) is 0.971. The van der Waals surface area contributed by atoms with Crippen LogP contribution in [0.15, 0.2) is 0 Å². The summed E-state index contributed by atoms with van der Waals surface area (Å²) in [5.74, 6) is -0.111. The van der Waals surface area contributed by atoms with Gasteiger partial charge in [0.1, 0.15) is 0 Å². The first-order chi connectivity index (χ1) is 7.24. The lowest BCUT2D eigenvalue weighted by molar-refractivity contribution is -0.123. The highest BCUT2D eigenvalue weighted by Gasteiger charge is 2.10. The molecule has 0 aromatic carbocycles. The molecule has 6 heteroatoms. The van der Waals surface area contributed by atoms with Crippen LogP contribution in [-0.4, -0.2) is 57.1 Å². The van der Waals surface area contributed by atoms with E-state index in [0.717, 1.165) is 0 Å². The average molecular weight is 220 g/mol. The Morgan fingerprint density at radius 2 is 2.27 bits per heavy atom. The maximum atomic E-state index is 11.3. The first-order valence-electron chi connectivity index (χ1n) is 4.92. The van der Waals surface area contributed by atoms with Gasteiger partial charge in [-0.3, -0.25) is 4.79 Å². The lowest BCUT2D eigenvalue weighted by Gasteiger charge is -2.12. The minimum absolute atomic E-state index is 0.00707. The molecule has 0 aliphatic carbocycles. The monoisotopic (exact) mass is 220 g/mol. The number of nitrogens with two attached hydrogens (primary N) is 1. The molecule has 0 bridgehead atoms. The Balaban J connectivity index is 3.40. The van der Waals surface area contributed by atoms with Crippen LogP contribution < -0.4 is 11.1 Å². The molecule has 1 atom stereocenters. The summed E-state index contributed by atoms with van der Waals surface area (Å²) in [5, 5.41) is 11.1. The van der Waals surface area contributed by atoms with E-state index in [1.165, 1.54) is 7.11 Å². The van der Waals surface area contributed by atoms with E-state index in [4.69, 9.17) is 20.3 Å². The summed E-state index contributed by atoms with van der Waals surface area (Å²) in [6.07, 6.45) is 0.0239. The molecule has 0 aliphatic rings. The number of nitrogens with one attached hydrogen (secondary N) is 1. The van der Waals surface area contributed by atoms with Crippen LogP contribution in [0, 0.1) is 0 Å². The van der Waals surface area contributed by atoms with E-state index < -0.39 is 0 Å². The van der Waals surface area contributed by atoms with Crippen LogP contribution in [0.2, 0.25) is 0 Å². The van der Waals surface area contributed by atoms with Gasteiger partial charge in [-0.05, 0) is 0 Å². The van der Waals surface area contributed by atoms with Crippen LogP contribution in [0.3, 0.4) is 0 Å². The molecule has 90 valence electrons. The van der Waals surface area contributed by atoms with Crippen molar-refractivity contribution < 1.29 is 19.4 Å². The fraction of sp³-hybridized carbons (Fsp3) is 0.889. The van der Waals surface area contributed by atoms with Crippen LogP contribution in [0.5, 0.6) is 0 Å². The number of carbonyl (C=O) groups is 1. The standard InChI is InChI=1S/C9H20N2O4/c1-14-8(7-10)6-9(13)11-2-4-15-5-3-12/h8,12H,2-7,10H2,1H3,(H,11,13). The van der Waals surface area contributed by atoms with Crippen LogP contribution in [0.25, 0.3) is 0 Å². The van der Waals surface area contributed by atoms with Crippen LogP contribution in [-0.2, 0) is 14.3 Å². The van der Waals surface area contributed by atoms with E-state index in [1.54, 1.807) is 0 Å².